The van der Waals surface area contributed by atoms with Crippen molar-refractivity contribution in [3.8, 4) is 0 Å². The molecule has 0 saturated heterocycles. The van der Waals surface area contributed by atoms with E-state index in [1.165, 1.54) is 0 Å². The van der Waals surface area contributed by atoms with Gasteiger partial charge in [-0.05, 0) is 20.8 Å². The molecule has 0 rings (SSSR count). The smallest absolute Gasteiger partial charge is 0.460 e. The third kappa shape index (κ3) is 16.5. The Balaban J connectivity index is 6.70. The summed E-state index contributed by atoms with van der Waals surface area (Å²) in [6.07, 6.45) is -23.8. The summed E-state index contributed by atoms with van der Waals surface area (Å²) >= 11 is 0. The SMILES string of the molecule is C=CC(=O)OCC(C)(COC(=O)C=C)NC(=O)OCC(COC(=O)C(F)(OC(F)(F)C(C)(F)C(F)(F)F)C(F)(F)F)OC(=O)NC(C)(COC(=O)C=C)COC(=O)C=C. The number of carbonyl (C=O) groups is 7. The molecule has 0 fully saturated rings. The van der Waals surface area contributed by atoms with Crippen LogP contribution in [0.4, 0.5) is 53.5 Å². The van der Waals surface area contributed by atoms with Crippen LogP contribution in [0.3, 0.4) is 0 Å². The Morgan fingerprint density at radius 3 is 1.19 bits per heavy atom. The number of alkyl carbamates (subject to hydrolysis) is 2. The van der Waals surface area contributed by atoms with E-state index in [9.17, 15) is 77.5 Å². The predicted molar refractivity (Wildman–Crippen MR) is 172 cm³/mol. The van der Waals surface area contributed by atoms with Crippen LogP contribution in [-0.2, 0) is 61.9 Å². The first-order valence-electron chi connectivity index (χ1n) is 15.6. The van der Waals surface area contributed by atoms with Crippen molar-refractivity contribution in [1.82, 2.24) is 10.6 Å². The number of hydrogen-bond acceptors (Lipinski definition) is 15. The zero-order valence-corrected chi connectivity index (χ0v) is 30.9. The van der Waals surface area contributed by atoms with Crippen molar-refractivity contribution in [3.63, 3.8) is 0 Å². The topological polar surface area (TPSA) is 217 Å². The van der Waals surface area contributed by atoms with Gasteiger partial charge in [0.2, 0.25) is 0 Å². The number of hydrogen-bond donors (Lipinski definition) is 2. The van der Waals surface area contributed by atoms with Crippen LogP contribution in [0.25, 0.3) is 0 Å². The first kappa shape index (κ1) is 53.1. The van der Waals surface area contributed by atoms with E-state index in [2.05, 4.69) is 35.8 Å². The average molecular weight is 879 g/mol. The van der Waals surface area contributed by atoms with Crippen LogP contribution >= 0.6 is 0 Å². The quantitative estimate of drug-likeness (QED) is 0.0644. The lowest BCUT2D eigenvalue weighted by Gasteiger charge is -2.36. The number of esters is 5. The molecule has 2 N–H and O–H groups in total. The molecule has 0 saturated carbocycles. The minimum Gasteiger partial charge on any atom is -0.460 e. The lowest BCUT2D eigenvalue weighted by molar-refractivity contribution is -0.448. The highest BCUT2D eigenvalue weighted by molar-refractivity contribution is 5.83. The van der Waals surface area contributed by atoms with E-state index in [0.717, 1.165) is 13.8 Å². The second kappa shape index (κ2) is 21.2. The van der Waals surface area contributed by atoms with Gasteiger partial charge in [0, 0.05) is 24.3 Å². The van der Waals surface area contributed by atoms with Crippen LogP contribution in [0.2, 0.25) is 0 Å². The number of halogens is 10. The van der Waals surface area contributed by atoms with E-state index in [-0.39, 0.29) is 0 Å². The summed E-state index contributed by atoms with van der Waals surface area (Å²) in [6, 6.07) is 0. The van der Waals surface area contributed by atoms with Crippen molar-refractivity contribution in [2.75, 3.05) is 39.6 Å². The van der Waals surface area contributed by atoms with Gasteiger partial charge in [-0.2, -0.15) is 39.5 Å². The van der Waals surface area contributed by atoms with Gasteiger partial charge >= 0.3 is 66.3 Å². The van der Waals surface area contributed by atoms with Gasteiger partial charge < -0.3 is 43.8 Å². The molecule has 27 heteroatoms. The summed E-state index contributed by atoms with van der Waals surface area (Å²) in [5.74, 6) is -14.5. The average Bonchev–Trinajstić information content (AvgIpc) is 3.13. The van der Waals surface area contributed by atoms with E-state index in [0.29, 0.717) is 24.3 Å². The van der Waals surface area contributed by atoms with Crippen molar-refractivity contribution in [2.45, 2.75) is 67.9 Å². The highest BCUT2D eigenvalue weighted by atomic mass is 19.4. The fraction of sp³-hybridized carbons (Fsp3) is 0.531. The first-order chi connectivity index (χ1) is 26.8. The zero-order valence-electron chi connectivity index (χ0n) is 30.9. The molecule has 59 heavy (non-hydrogen) atoms. The molecule has 0 heterocycles. The predicted octanol–water partition coefficient (Wildman–Crippen LogP) is 3.91. The second-order valence-electron chi connectivity index (χ2n) is 12.1. The minimum atomic E-state index is -7.03. The maximum absolute atomic E-state index is 15.0. The van der Waals surface area contributed by atoms with Crippen LogP contribution < -0.4 is 10.6 Å². The summed E-state index contributed by atoms with van der Waals surface area (Å²) in [5, 5.41) is 3.98. The van der Waals surface area contributed by atoms with E-state index < -0.39 is 136 Å². The third-order valence-electron chi connectivity index (χ3n) is 6.66. The van der Waals surface area contributed by atoms with Gasteiger partial charge in [0.25, 0.3) is 5.67 Å². The normalized spacial score (nSPS) is 14.6. The Morgan fingerprint density at radius 2 is 0.864 bits per heavy atom. The Labute approximate surface area is 326 Å². The van der Waals surface area contributed by atoms with Crippen LogP contribution in [-0.4, -0.2) is 129 Å². The minimum absolute atomic E-state index is 0.655. The van der Waals surface area contributed by atoms with Crippen LogP contribution in [0, 0.1) is 0 Å². The van der Waals surface area contributed by atoms with E-state index >= 15 is 0 Å². The standard InChI is InChI=1S/C32H36F10N2O15/c1-8-19(45)54-14-26(5,15-55-20(46)9-2)43-24(50)53-13-18(58-25(51)44-27(6,16-56-21(47)10-3)17-57-22(48)11-4)12-52-23(49)29(34,31(38,39)40)59-32(41,42)28(7,33)30(35,36)37/h8-11,18H,1-4,12-17H2,5-7H3,(H,43,50)(H,44,51). The molecule has 0 aromatic heterocycles. The summed E-state index contributed by atoms with van der Waals surface area (Å²) in [6.45, 7) is 6.78. The number of carbonyl (C=O) groups excluding carboxylic acids is 7. The summed E-state index contributed by atoms with van der Waals surface area (Å²) in [5.41, 5.74) is -9.95. The van der Waals surface area contributed by atoms with Gasteiger partial charge in [-0.15, -0.1) is 0 Å². The lowest BCUT2D eigenvalue weighted by Crippen LogP contribution is -2.62. The van der Waals surface area contributed by atoms with Gasteiger partial charge in [0.1, 0.15) is 50.7 Å². The Morgan fingerprint density at radius 1 is 0.525 bits per heavy atom. The van der Waals surface area contributed by atoms with Crippen molar-refractivity contribution in [3.05, 3.63) is 50.6 Å². The van der Waals surface area contributed by atoms with Gasteiger partial charge in [0.05, 0.1) is 0 Å². The monoisotopic (exact) mass is 878 g/mol. The highest BCUT2D eigenvalue weighted by Crippen LogP contribution is 2.50. The fourth-order valence-electron chi connectivity index (χ4n) is 3.29. The number of ether oxygens (including phenoxy) is 8. The van der Waals surface area contributed by atoms with E-state index in [1.54, 1.807) is 0 Å². The summed E-state index contributed by atoms with van der Waals surface area (Å²) in [4.78, 5) is 84.4. The molecular formula is C32H36F10N2O15. The molecule has 3 unspecified atom stereocenters. The molecule has 2 amide bonds. The molecule has 0 aromatic carbocycles. The van der Waals surface area contributed by atoms with Crippen LogP contribution in [0.1, 0.15) is 20.8 Å². The van der Waals surface area contributed by atoms with Crippen molar-refractivity contribution in [1.29, 1.82) is 0 Å². The second-order valence-corrected chi connectivity index (χ2v) is 12.1. The maximum atomic E-state index is 15.0. The van der Waals surface area contributed by atoms with E-state index in [4.69, 9.17) is 28.4 Å². The van der Waals surface area contributed by atoms with Gasteiger partial charge in [-0.25, -0.2) is 38.0 Å². The molecule has 0 bridgehead atoms. The lowest BCUT2D eigenvalue weighted by atomic mass is 10.1. The van der Waals surface area contributed by atoms with Crippen molar-refractivity contribution in [2.24, 2.45) is 0 Å². The number of rotatable bonds is 23. The molecule has 3 atom stereocenters. The summed E-state index contributed by atoms with van der Waals surface area (Å²) in [7, 11) is 0. The van der Waals surface area contributed by atoms with Crippen LogP contribution in [0.5, 0.6) is 0 Å². The summed E-state index contributed by atoms with van der Waals surface area (Å²) < 4.78 is 172. The fourth-order valence-corrected chi connectivity index (χ4v) is 3.29. The zero-order chi connectivity index (χ0) is 46.3. The van der Waals surface area contributed by atoms with Crippen LogP contribution in [0.15, 0.2) is 50.6 Å². The van der Waals surface area contributed by atoms with Gasteiger partial charge in [-0.1, -0.05) is 26.3 Å². The molecular weight excluding hydrogens is 842 g/mol. The maximum Gasteiger partial charge on any atom is 0.460 e. The Kier molecular flexibility index (Phi) is 19.1. The number of nitrogens with one attached hydrogen (secondary N) is 2. The number of alkyl halides is 10. The molecule has 0 aliphatic carbocycles. The number of amides is 2. The third-order valence-corrected chi connectivity index (χ3v) is 6.66. The molecule has 0 aromatic rings. The molecule has 0 spiro atoms. The molecule has 0 radical (unpaired) electrons. The van der Waals surface area contributed by atoms with Crippen molar-refractivity contribution >= 4 is 42.0 Å². The van der Waals surface area contributed by atoms with Crippen molar-refractivity contribution < 1.29 is 115 Å². The molecule has 0 aliphatic rings. The largest absolute Gasteiger partial charge is 0.460 e. The molecule has 0 aliphatic heterocycles. The van der Waals surface area contributed by atoms with Gasteiger partial charge in [0.15, 0.2) is 6.10 Å². The van der Waals surface area contributed by atoms with Gasteiger partial charge in [-0.3, -0.25) is 4.74 Å². The molecule has 17 nitrogen and oxygen atoms in total. The first-order valence-corrected chi connectivity index (χ1v) is 15.6. The highest BCUT2D eigenvalue weighted by Gasteiger charge is 2.77. The molecule has 334 valence electrons. The van der Waals surface area contributed by atoms with E-state index in [1.807, 2.05) is 10.6 Å². The Hall–Kier alpha value is -5.89. The Bertz CT molecular complexity index is 1550.